The van der Waals surface area contributed by atoms with E-state index >= 15 is 0 Å². The Morgan fingerprint density at radius 1 is 1.44 bits per heavy atom. The Labute approximate surface area is 120 Å². The molecule has 2 aromatic rings. The molecular formula is C10H12Cl2N4OS. The van der Waals surface area contributed by atoms with Gasteiger partial charge in [0.25, 0.3) is 0 Å². The van der Waals surface area contributed by atoms with Crippen LogP contribution in [-0.4, -0.2) is 24.6 Å². The maximum atomic E-state index is 9.34. The van der Waals surface area contributed by atoms with Gasteiger partial charge >= 0.3 is 0 Å². The van der Waals surface area contributed by atoms with Gasteiger partial charge in [-0.05, 0) is 6.92 Å². The van der Waals surface area contributed by atoms with Crippen molar-refractivity contribution in [3.05, 3.63) is 28.9 Å². The summed E-state index contributed by atoms with van der Waals surface area (Å²) in [6.45, 7) is 1.80. The first-order chi connectivity index (χ1) is 8.06. The number of aromatic hydroxyl groups is 1. The minimum absolute atomic E-state index is 0. The fraction of sp³-hybridized carbons (Fsp3) is 0.300. The second-order valence-electron chi connectivity index (χ2n) is 3.53. The smallest absolute Gasteiger partial charge is 0.215 e. The van der Waals surface area contributed by atoms with Gasteiger partial charge in [0.2, 0.25) is 5.88 Å². The molecule has 1 N–H and O–H groups in total. The van der Waals surface area contributed by atoms with E-state index in [2.05, 4.69) is 15.0 Å². The number of hydrogen-bond donors (Lipinski definition) is 1. The first-order valence-corrected chi connectivity index (χ1v) is 6.26. The zero-order chi connectivity index (χ0) is 12.4. The molecule has 0 aliphatic heterocycles. The van der Waals surface area contributed by atoms with Crippen molar-refractivity contribution in [1.82, 2.24) is 19.5 Å². The third-order valence-corrected chi connectivity index (χ3v) is 3.44. The van der Waals surface area contributed by atoms with E-state index in [-0.39, 0.29) is 18.3 Å². The fourth-order valence-corrected chi connectivity index (χ4v) is 2.37. The van der Waals surface area contributed by atoms with Crippen LogP contribution in [-0.2, 0) is 12.8 Å². The molecule has 0 aliphatic rings. The molecule has 2 aromatic heterocycles. The molecule has 0 atom stereocenters. The second kappa shape index (κ2) is 6.26. The molecule has 0 amide bonds. The SMILES string of the molecule is Cc1cc(O)nc(SCc2ncn(C)c2Cl)n1.Cl. The van der Waals surface area contributed by atoms with Gasteiger partial charge in [0.1, 0.15) is 5.15 Å². The van der Waals surface area contributed by atoms with Crippen LogP contribution in [0.1, 0.15) is 11.4 Å². The largest absolute Gasteiger partial charge is 0.493 e. The van der Waals surface area contributed by atoms with Crippen molar-refractivity contribution < 1.29 is 5.11 Å². The predicted octanol–water partition coefficient (Wildman–Crippen LogP) is 2.59. The van der Waals surface area contributed by atoms with Crippen LogP contribution < -0.4 is 0 Å². The lowest BCUT2D eigenvalue weighted by molar-refractivity contribution is 0.444. The Morgan fingerprint density at radius 2 is 2.17 bits per heavy atom. The first kappa shape index (κ1) is 15.1. The highest BCUT2D eigenvalue weighted by Crippen LogP contribution is 2.24. The summed E-state index contributed by atoms with van der Waals surface area (Å²) in [5.74, 6) is 0.551. The molecule has 2 rings (SSSR count). The number of aryl methyl sites for hydroxylation is 2. The van der Waals surface area contributed by atoms with Crippen LogP contribution in [0, 0.1) is 6.92 Å². The standard InChI is InChI=1S/C10H11ClN4OS.ClH/c1-6-3-8(16)14-10(13-6)17-4-7-9(11)15(2)5-12-7;/h3,5H,4H2,1-2H3,(H,13,14,16);1H. The van der Waals surface area contributed by atoms with Crippen LogP contribution in [0.5, 0.6) is 5.88 Å². The van der Waals surface area contributed by atoms with Crippen molar-refractivity contribution in [3.63, 3.8) is 0 Å². The normalized spacial score (nSPS) is 10.2. The van der Waals surface area contributed by atoms with Crippen molar-refractivity contribution >= 4 is 35.8 Å². The van der Waals surface area contributed by atoms with E-state index in [4.69, 9.17) is 11.6 Å². The van der Waals surface area contributed by atoms with Gasteiger partial charge < -0.3 is 9.67 Å². The molecule has 0 saturated carbocycles. The summed E-state index contributed by atoms with van der Waals surface area (Å²) in [5, 5.41) is 10.5. The van der Waals surface area contributed by atoms with E-state index in [1.165, 1.54) is 17.8 Å². The monoisotopic (exact) mass is 306 g/mol. The molecule has 0 bridgehead atoms. The lowest BCUT2D eigenvalue weighted by atomic mass is 10.4. The number of nitrogens with zero attached hydrogens (tertiary/aromatic N) is 4. The highest BCUT2D eigenvalue weighted by molar-refractivity contribution is 7.98. The van der Waals surface area contributed by atoms with Gasteiger partial charge in [-0.25, -0.2) is 9.97 Å². The summed E-state index contributed by atoms with van der Waals surface area (Å²) in [7, 11) is 1.83. The third-order valence-electron chi connectivity index (χ3n) is 2.09. The Morgan fingerprint density at radius 3 is 2.72 bits per heavy atom. The van der Waals surface area contributed by atoms with E-state index in [1.54, 1.807) is 17.8 Å². The van der Waals surface area contributed by atoms with Crippen LogP contribution in [0.15, 0.2) is 17.6 Å². The van der Waals surface area contributed by atoms with Crippen LogP contribution in [0.2, 0.25) is 5.15 Å². The van der Waals surface area contributed by atoms with E-state index in [9.17, 15) is 5.11 Å². The molecular weight excluding hydrogens is 295 g/mol. The van der Waals surface area contributed by atoms with E-state index in [0.29, 0.717) is 16.1 Å². The number of aromatic nitrogens is 4. The molecule has 8 heteroatoms. The topological polar surface area (TPSA) is 63.8 Å². The van der Waals surface area contributed by atoms with E-state index < -0.39 is 0 Å². The lowest BCUT2D eigenvalue weighted by Crippen LogP contribution is -1.91. The Bertz CT molecular complexity index is 526. The van der Waals surface area contributed by atoms with Crippen molar-refractivity contribution in [1.29, 1.82) is 0 Å². The average molecular weight is 307 g/mol. The van der Waals surface area contributed by atoms with Gasteiger partial charge in [-0.1, -0.05) is 23.4 Å². The summed E-state index contributed by atoms with van der Waals surface area (Å²) in [4.78, 5) is 12.3. The zero-order valence-electron chi connectivity index (χ0n) is 9.79. The Kier molecular flexibility index (Phi) is 5.25. The van der Waals surface area contributed by atoms with Gasteiger partial charge in [-0.3, -0.25) is 0 Å². The van der Waals surface area contributed by atoms with Crippen LogP contribution in [0.3, 0.4) is 0 Å². The number of rotatable bonds is 3. The van der Waals surface area contributed by atoms with Gasteiger partial charge in [0, 0.05) is 24.6 Å². The van der Waals surface area contributed by atoms with Crippen molar-refractivity contribution in [2.45, 2.75) is 17.8 Å². The number of imidazole rings is 1. The number of halogens is 2. The van der Waals surface area contributed by atoms with Gasteiger partial charge in [0.05, 0.1) is 12.0 Å². The first-order valence-electron chi connectivity index (χ1n) is 4.89. The number of hydrogen-bond acceptors (Lipinski definition) is 5. The number of thioether (sulfide) groups is 1. The molecule has 0 aliphatic carbocycles. The Balaban J connectivity index is 0.00000162. The molecule has 0 saturated heterocycles. The van der Waals surface area contributed by atoms with Crippen molar-refractivity contribution in [2.75, 3.05) is 0 Å². The maximum Gasteiger partial charge on any atom is 0.215 e. The second-order valence-corrected chi connectivity index (χ2v) is 4.83. The summed E-state index contributed by atoms with van der Waals surface area (Å²) >= 11 is 7.42. The average Bonchev–Trinajstić information content (AvgIpc) is 2.56. The molecule has 0 fully saturated rings. The molecule has 98 valence electrons. The van der Waals surface area contributed by atoms with Crippen LogP contribution in [0.4, 0.5) is 0 Å². The minimum Gasteiger partial charge on any atom is -0.493 e. The highest BCUT2D eigenvalue weighted by atomic mass is 35.5. The maximum absolute atomic E-state index is 9.34. The summed E-state index contributed by atoms with van der Waals surface area (Å²) < 4.78 is 1.74. The summed E-state index contributed by atoms with van der Waals surface area (Å²) in [5.41, 5.74) is 1.51. The highest BCUT2D eigenvalue weighted by Gasteiger charge is 2.08. The molecule has 0 spiro atoms. The van der Waals surface area contributed by atoms with Crippen LogP contribution in [0.25, 0.3) is 0 Å². The third kappa shape index (κ3) is 3.51. The zero-order valence-corrected chi connectivity index (χ0v) is 12.2. The molecule has 0 aromatic carbocycles. The molecule has 2 heterocycles. The lowest BCUT2D eigenvalue weighted by Gasteiger charge is -2.01. The summed E-state index contributed by atoms with van der Waals surface area (Å²) in [6, 6.07) is 1.51. The predicted molar refractivity (Wildman–Crippen MR) is 73.5 cm³/mol. The Hall–Kier alpha value is -0.980. The van der Waals surface area contributed by atoms with Gasteiger partial charge in [-0.2, -0.15) is 4.98 Å². The van der Waals surface area contributed by atoms with Crippen LogP contribution >= 0.6 is 35.8 Å². The quantitative estimate of drug-likeness (QED) is 0.697. The van der Waals surface area contributed by atoms with Gasteiger partial charge in [0.15, 0.2) is 5.16 Å². The minimum atomic E-state index is -0.0212. The fourth-order valence-electron chi connectivity index (χ4n) is 1.28. The van der Waals surface area contributed by atoms with Crippen molar-refractivity contribution in [2.24, 2.45) is 7.05 Å². The molecule has 0 unspecified atom stereocenters. The van der Waals surface area contributed by atoms with Gasteiger partial charge in [-0.15, -0.1) is 12.4 Å². The van der Waals surface area contributed by atoms with Crippen molar-refractivity contribution in [3.8, 4) is 5.88 Å². The molecule has 18 heavy (non-hydrogen) atoms. The summed E-state index contributed by atoms with van der Waals surface area (Å²) in [6.07, 6.45) is 1.66. The molecule has 5 nitrogen and oxygen atoms in total. The van der Waals surface area contributed by atoms with E-state index in [1.807, 2.05) is 7.05 Å². The molecule has 0 radical (unpaired) electrons. The van der Waals surface area contributed by atoms with E-state index in [0.717, 1.165) is 11.4 Å².